The van der Waals surface area contributed by atoms with Crippen LogP contribution in [0.25, 0.3) is 0 Å². The summed E-state index contributed by atoms with van der Waals surface area (Å²) in [4.78, 5) is 27.5. The molecule has 1 aliphatic heterocycles. The second kappa shape index (κ2) is 5.96. The number of carbonyl (C=O) groups is 2. The zero-order valence-electron chi connectivity index (χ0n) is 13.7. The molecule has 2 aromatic rings. The van der Waals surface area contributed by atoms with Crippen molar-refractivity contribution >= 4 is 11.9 Å². The Labute approximate surface area is 139 Å². The second-order valence-electron chi connectivity index (χ2n) is 5.90. The third kappa shape index (κ3) is 2.71. The predicted molar refractivity (Wildman–Crippen MR) is 87.6 cm³/mol. The number of hydrogen-bond acceptors (Lipinski definition) is 4. The summed E-state index contributed by atoms with van der Waals surface area (Å²) in [7, 11) is 0. The Balaban J connectivity index is 1.81. The van der Waals surface area contributed by atoms with Gasteiger partial charge in [0.25, 0.3) is 5.91 Å². The van der Waals surface area contributed by atoms with Crippen molar-refractivity contribution in [2.75, 3.05) is 6.61 Å². The highest BCUT2D eigenvalue weighted by atomic mass is 16.5. The molecule has 1 aliphatic rings. The number of nitrogens with one attached hydrogen (secondary N) is 1. The van der Waals surface area contributed by atoms with Gasteiger partial charge in [0.2, 0.25) is 0 Å². The number of carboxylic acids is 1. The van der Waals surface area contributed by atoms with Crippen LogP contribution < -0.4 is 10.1 Å². The van der Waals surface area contributed by atoms with Crippen molar-refractivity contribution in [3.05, 3.63) is 57.9 Å². The number of benzene rings is 1. The van der Waals surface area contributed by atoms with Crippen LogP contribution >= 0.6 is 0 Å². The Morgan fingerprint density at radius 3 is 2.62 bits per heavy atom. The highest BCUT2D eigenvalue weighted by Crippen LogP contribution is 2.36. The predicted octanol–water partition coefficient (Wildman–Crippen LogP) is 2.57. The maximum Gasteiger partial charge on any atom is 0.337 e. The number of pyridine rings is 1. The molecule has 2 heterocycles. The number of rotatable bonds is 3. The summed E-state index contributed by atoms with van der Waals surface area (Å²) in [5.41, 5.74) is 3.75. The van der Waals surface area contributed by atoms with Crippen LogP contribution in [0.5, 0.6) is 5.75 Å². The molecule has 6 nitrogen and oxygen atoms in total. The van der Waals surface area contributed by atoms with Gasteiger partial charge in [-0.3, -0.25) is 4.79 Å². The van der Waals surface area contributed by atoms with E-state index in [1.807, 2.05) is 26.0 Å². The first-order valence-electron chi connectivity index (χ1n) is 7.63. The lowest BCUT2D eigenvalue weighted by Crippen LogP contribution is -2.30. The highest BCUT2D eigenvalue weighted by Gasteiger charge is 2.28. The Morgan fingerprint density at radius 2 is 1.96 bits per heavy atom. The Hall–Kier alpha value is -2.89. The summed E-state index contributed by atoms with van der Waals surface area (Å²) < 4.78 is 5.72. The Morgan fingerprint density at radius 1 is 1.21 bits per heavy atom. The van der Waals surface area contributed by atoms with Crippen LogP contribution in [0.15, 0.2) is 24.3 Å². The Bertz CT molecular complexity index is 845. The first-order chi connectivity index (χ1) is 11.4. The van der Waals surface area contributed by atoms with E-state index in [0.29, 0.717) is 12.3 Å². The molecule has 1 aromatic carbocycles. The van der Waals surface area contributed by atoms with Crippen molar-refractivity contribution in [1.82, 2.24) is 10.3 Å². The SMILES string of the molecule is Cc1ccc2c(c1C)OCC2NC(=O)c1ccc(C(=O)O)c(C)n1. The summed E-state index contributed by atoms with van der Waals surface area (Å²) >= 11 is 0. The first kappa shape index (κ1) is 16.0. The first-order valence-corrected chi connectivity index (χ1v) is 7.63. The van der Waals surface area contributed by atoms with Gasteiger partial charge in [-0.15, -0.1) is 0 Å². The largest absolute Gasteiger partial charge is 0.490 e. The maximum atomic E-state index is 12.4. The molecule has 1 unspecified atom stereocenters. The van der Waals surface area contributed by atoms with Gasteiger partial charge in [0.15, 0.2) is 0 Å². The molecule has 0 bridgehead atoms. The molecule has 6 heteroatoms. The molecule has 3 rings (SSSR count). The van der Waals surface area contributed by atoms with Crippen molar-refractivity contribution in [2.24, 2.45) is 0 Å². The van der Waals surface area contributed by atoms with Gasteiger partial charge in [-0.05, 0) is 44.0 Å². The molecule has 0 aliphatic carbocycles. The van der Waals surface area contributed by atoms with Crippen molar-refractivity contribution < 1.29 is 19.4 Å². The molecule has 0 saturated carbocycles. The zero-order chi connectivity index (χ0) is 17.4. The van der Waals surface area contributed by atoms with Crippen LogP contribution in [0.1, 0.15) is 49.3 Å². The molecule has 1 aromatic heterocycles. The van der Waals surface area contributed by atoms with Gasteiger partial charge in [-0.2, -0.15) is 0 Å². The van der Waals surface area contributed by atoms with Gasteiger partial charge in [-0.1, -0.05) is 12.1 Å². The molecule has 0 saturated heterocycles. The molecule has 24 heavy (non-hydrogen) atoms. The van der Waals surface area contributed by atoms with Gasteiger partial charge < -0.3 is 15.2 Å². The van der Waals surface area contributed by atoms with Gasteiger partial charge in [-0.25, -0.2) is 9.78 Å². The monoisotopic (exact) mass is 326 g/mol. The van der Waals surface area contributed by atoms with Crippen molar-refractivity contribution in [3.8, 4) is 5.75 Å². The van der Waals surface area contributed by atoms with E-state index < -0.39 is 5.97 Å². The van der Waals surface area contributed by atoms with E-state index in [1.165, 1.54) is 12.1 Å². The summed E-state index contributed by atoms with van der Waals surface area (Å²) in [6.45, 7) is 5.95. The lowest BCUT2D eigenvalue weighted by Gasteiger charge is -2.12. The highest BCUT2D eigenvalue weighted by molar-refractivity contribution is 5.94. The van der Waals surface area contributed by atoms with E-state index in [2.05, 4.69) is 10.3 Å². The van der Waals surface area contributed by atoms with E-state index in [9.17, 15) is 9.59 Å². The second-order valence-corrected chi connectivity index (χ2v) is 5.90. The third-order valence-corrected chi connectivity index (χ3v) is 4.33. The van der Waals surface area contributed by atoms with E-state index in [4.69, 9.17) is 9.84 Å². The number of aromatic nitrogens is 1. The smallest absolute Gasteiger partial charge is 0.337 e. The van der Waals surface area contributed by atoms with Crippen LogP contribution in [0.3, 0.4) is 0 Å². The number of hydrogen-bond donors (Lipinski definition) is 2. The summed E-state index contributed by atoms with van der Waals surface area (Å²) in [6.07, 6.45) is 0. The molecule has 1 atom stereocenters. The number of aryl methyl sites for hydroxylation is 2. The molecular weight excluding hydrogens is 308 g/mol. The molecule has 0 radical (unpaired) electrons. The molecule has 1 amide bonds. The third-order valence-electron chi connectivity index (χ3n) is 4.33. The molecule has 0 spiro atoms. The summed E-state index contributed by atoms with van der Waals surface area (Å²) in [6, 6.07) is 6.54. The van der Waals surface area contributed by atoms with E-state index in [1.54, 1.807) is 6.92 Å². The topological polar surface area (TPSA) is 88.5 Å². The van der Waals surface area contributed by atoms with Gasteiger partial charge in [0, 0.05) is 5.56 Å². The number of carboxylic acid groups (broad SMARTS) is 1. The van der Waals surface area contributed by atoms with Gasteiger partial charge >= 0.3 is 5.97 Å². The molecule has 0 fully saturated rings. The minimum atomic E-state index is -1.06. The standard InChI is InChI=1S/C18H18N2O4/c1-9-4-5-13-15(8-24-16(13)10(9)2)20-17(21)14-7-6-12(18(22)23)11(3)19-14/h4-7,15H,8H2,1-3H3,(H,20,21)(H,22,23). The number of carbonyl (C=O) groups excluding carboxylic acids is 1. The molecule has 124 valence electrons. The normalized spacial score (nSPS) is 15.5. The van der Waals surface area contributed by atoms with Crippen molar-refractivity contribution in [2.45, 2.75) is 26.8 Å². The molecular formula is C18H18N2O4. The van der Waals surface area contributed by atoms with Crippen LogP contribution in [-0.2, 0) is 0 Å². The van der Waals surface area contributed by atoms with Gasteiger partial charge in [0.1, 0.15) is 18.1 Å². The number of aromatic carboxylic acids is 1. The average Bonchev–Trinajstić information content (AvgIpc) is 2.94. The fourth-order valence-corrected chi connectivity index (χ4v) is 2.80. The lowest BCUT2D eigenvalue weighted by atomic mass is 10.0. The minimum absolute atomic E-state index is 0.0900. The number of fused-ring (bicyclic) bond motifs is 1. The Kier molecular flexibility index (Phi) is 3.97. The maximum absolute atomic E-state index is 12.4. The number of ether oxygens (including phenoxy) is 1. The van der Waals surface area contributed by atoms with Crippen LogP contribution in [0.4, 0.5) is 0 Å². The fourth-order valence-electron chi connectivity index (χ4n) is 2.80. The van der Waals surface area contributed by atoms with Crippen molar-refractivity contribution in [3.63, 3.8) is 0 Å². The fraction of sp³-hybridized carbons (Fsp3) is 0.278. The van der Waals surface area contributed by atoms with E-state index in [-0.39, 0.29) is 23.2 Å². The van der Waals surface area contributed by atoms with E-state index >= 15 is 0 Å². The van der Waals surface area contributed by atoms with Crippen molar-refractivity contribution in [1.29, 1.82) is 0 Å². The minimum Gasteiger partial charge on any atom is -0.490 e. The van der Waals surface area contributed by atoms with Crippen LogP contribution in [0, 0.1) is 20.8 Å². The van der Waals surface area contributed by atoms with E-state index in [0.717, 1.165) is 22.4 Å². The number of amides is 1. The summed E-state index contributed by atoms with van der Waals surface area (Å²) in [5, 5.41) is 11.9. The molecule has 2 N–H and O–H groups in total. The van der Waals surface area contributed by atoms with Gasteiger partial charge in [0.05, 0.1) is 17.3 Å². The summed E-state index contributed by atoms with van der Waals surface area (Å²) in [5.74, 6) is -0.587. The number of nitrogens with zero attached hydrogens (tertiary/aromatic N) is 1. The quantitative estimate of drug-likeness (QED) is 0.905. The lowest BCUT2D eigenvalue weighted by molar-refractivity contribution is 0.0694. The average molecular weight is 326 g/mol. The zero-order valence-corrected chi connectivity index (χ0v) is 13.7. The van der Waals surface area contributed by atoms with Crippen LogP contribution in [0.2, 0.25) is 0 Å². The van der Waals surface area contributed by atoms with Crippen LogP contribution in [-0.4, -0.2) is 28.6 Å².